The van der Waals surface area contributed by atoms with Crippen molar-refractivity contribution < 1.29 is 24.2 Å². The molecule has 5 rings (SSSR count). The van der Waals surface area contributed by atoms with Crippen LogP contribution in [0.3, 0.4) is 0 Å². The molecule has 0 spiro atoms. The highest BCUT2D eigenvalue weighted by atomic mass is 32.1. The molecule has 1 aliphatic carbocycles. The maximum Gasteiger partial charge on any atom is 0.333 e. The predicted octanol–water partition coefficient (Wildman–Crippen LogP) is 4.07. The third kappa shape index (κ3) is 4.97. The second kappa shape index (κ2) is 10.6. The SMILES string of the molecule is Cc1c(-c2ncco2)sc2c1c(=O)n(C(C)(C)C(=O)O)c(=O)n2C[C@H](O[C@H]1CCC[C@@H](O)C1)c1ccccc1. The molecule has 0 amide bonds. The number of aliphatic hydroxyl groups is 1. The highest BCUT2D eigenvalue weighted by Gasteiger charge is 2.36. The van der Waals surface area contributed by atoms with Crippen LogP contribution in [0.2, 0.25) is 0 Å². The van der Waals surface area contributed by atoms with Gasteiger partial charge in [-0.25, -0.2) is 19.1 Å². The highest BCUT2D eigenvalue weighted by molar-refractivity contribution is 7.22. The number of nitrogens with zero attached hydrogens (tertiary/aromatic N) is 3. The minimum atomic E-state index is -1.81. The Labute approximate surface area is 228 Å². The number of aryl methyl sites for hydroxylation is 1. The van der Waals surface area contributed by atoms with Crippen molar-refractivity contribution in [1.82, 2.24) is 14.1 Å². The lowest BCUT2D eigenvalue weighted by atomic mass is 9.94. The first-order valence-electron chi connectivity index (χ1n) is 12.9. The zero-order valence-electron chi connectivity index (χ0n) is 22.0. The summed E-state index contributed by atoms with van der Waals surface area (Å²) in [6.07, 6.45) is 4.51. The fourth-order valence-electron chi connectivity index (χ4n) is 5.17. The van der Waals surface area contributed by atoms with E-state index in [1.54, 1.807) is 6.92 Å². The topological polar surface area (TPSA) is 137 Å². The monoisotopic (exact) mass is 553 g/mol. The molecule has 4 aromatic rings. The molecular formula is C28H31N3O7S. The van der Waals surface area contributed by atoms with E-state index in [1.807, 2.05) is 30.3 Å². The number of carboxylic acid groups (broad SMARTS) is 1. The quantitative estimate of drug-likeness (QED) is 0.333. The highest BCUT2D eigenvalue weighted by Crippen LogP contribution is 2.37. The van der Waals surface area contributed by atoms with E-state index < -0.39 is 35.0 Å². The van der Waals surface area contributed by atoms with Gasteiger partial charge in [-0.15, -0.1) is 11.3 Å². The van der Waals surface area contributed by atoms with Crippen LogP contribution in [0.15, 0.2) is 56.8 Å². The molecule has 3 heterocycles. The minimum absolute atomic E-state index is 0.0346. The number of ether oxygens (including phenoxy) is 1. The number of thiophene rings is 1. The number of hydrogen-bond acceptors (Lipinski definition) is 8. The van der Waals surface area contributed by atoms with Gasteiger partial charge in [-0.3, -0.25) is 9.36 Å². The molecule has 39 heavy (non-hydrogen) atoms. The Morgan fingerprint density at radius 1 is 1.26 bits per heavy atom. The summed E-state index contributed by atoms with van der Waals surface area (Å²) in [5.41, 5.74) is -1.85. The average molecular weight is 554 g/mol. The van der Waals surface area contributed by atoms with Crippen LogP contribution in [0.1, 0.15) is 56.8 Å². The van der Waals surface area contributed by atoms with Crippen molar-refractivity contribution in [3.8, 4) is 10.8 Å². The van der Waals surface area contributed by atoms with Gasteiger partial charge in [0.05, 0.1) is 35.2 Å². The smallest absolute Gasteiger partial charge is 0.333 e. The molecular weight excluding hydrogens is 522 g/mol. The van der Waals surface area contributed by atoms with E-state index in [0.717, 1.165) is 29.4 Å². The second-order valence-corrected chi connectivity index (χ2v) is 11.4. The summed E-state index contributed by atoms with van der Waals surface area (Å²) >= 11 is 1.20. The summed E-state index contributed by atoms with van der Waals surface area (Å²) in [6, 6.07) is 9.45. The van der Waals surface area contributed by atoms with Crippen molar-refractivity contribution in [1.29, 1.82) is 0 Å². The molecule has 3 aromatic heterocycles. The van der Waals surface area contributed by atoms with E-state index in [4.69, 9.17) is 9.15 Å². The van der Waals surface area contributed by atoms with Crippen LogP contribution in [-0.2, 0) is 21.6 Å². The average Bonchev–Trinajstić information content (AvgIpc) is 3.54. The molecule has 1 saturated carbocycles. The molecule has 1 aliphatic rings. The first kappa shape index (κ1) is 27.0. The number of carboxylic acids is 1. The Balaban J connectivity index is 1.72. The third-order valence-electron chi connectivity index (χ3n) is 7.40. The lowest BCUT2D eigenvalue weighted by Crippen LogP contribution is -2.52. The Kier molecular flexibility index (Phi) is 7.32. The van der Waals surface area contributed by atoms with E-state index in [2.05, 4.69) is 4.98 Å². The molecule has 0 bridgehead atoms. The number of aromatic nitrogens is 3. The van der Waals surface area contributed by atoms with Gasteiger partial charge in [0.1, 0.15) is 22.7 Å². The number of rotatable bonds is 8. The van der Waals surface area contributed by atoms with Gasteiger partial charge in [-0.05, 0) is 57.6 Å². The first-order valence-corrected chi connectivity index (χ1v) is 13.7. The summed E-state index contributed by atoms with van der Waals surface area (Å²) < 4.78 is 14.3. The van der Waals surface area contributed by atoms with E-state index in [1.165, 1.54) is 42.2 Å². The van der Waals surface area contributed by atoms with Crippen molar-refractivity contribution in [3.63, 3.8) is 0 Å². The van der Waals surface area contributed by atoms with Crippen LogP contribution >= 0.6 is 11.3 Å². The zero-order chi connectivity index (χ0) is 27.9. The number of fused-ring (bicyclic) bond motifs is 1. The van der Waals surface area contributed by atoms with Gasteiger partial charge >= 0.3 is 11.7 Å². The molecule has 1 aromatic carbocycles. The van der Waals surface area contributed by atoms with Gasteiger partial charge in [0.25, 0.3) is 5.56 Å². The van der Waals surface area contributed by atoms with Gasteiger partial charge in [0, 0.05) is 0 Å². The van der Waals surface area contributed by atoms with E-state index in [9.17, 15) is 24.6 Å². The molecule has 0 aliphatic heterocycles. The maximum atomic E-state index is 14.0. The van der Waals surface area contributed by atoms with Crippen molar-refractivity contribution in [2.24, 2.45) is 0 Å². The van der Waals surface area contributed by atoms with Crippen LogP contribution < -0.4 is 11.2 Å². The van der Waals surface area contributed by atoms with Crippen LogP contribution in [-0.4, -0.2) is 42.5 Å². The number of aliphatic carboxylic acids is 1. The van der Waals surface area contributed by atoms with Crippen LogP contribution in [0, 0.1) is 6.92 Å². The van der Waals surface area contributed by atoms with Crippen molar-refractivity contribution in [3.05, 3.63) is 74.8 Å². The summed E-state index contributed by atoms with van der Waals surface area (Å²) in [5, 5.41) is 20.4. The maximum absolute atomic E-state index is 14.0. The van der Waals surface area contributed by atoms with E-state index in [0.29, 0.717) is 27.6 Å². The Bertz CT molecular complexity index is 1600. The van der Waals surface area contributed by atoms with Crippen LogP contribution in [0.5, 0.6) is 0 Å². The largest absolute Gasteiger partial charge is 0.480 e. The molecule has 0 radical (unpaired) electrons. The number of oxazole rings is 1. The lowest BCUT2D eigenvalue weighted by molar-refractivity contribution is -0.146. The zero-order valence-corrected chi connectivity index (χ0v) is 22.8. The third-order valence-corrected chi connectivity index (χ3v) is 8.70. The summed E-state index contributed by atoms with van der Waals surface area (Å²) in [7, 11) is 0. The number of aliphatic hydroxyl groups excluding tert-OH is 1. The van der Waals surface area contributed by atoms with E-state index >= 15 is 0 Å². The van der Waals surface area contributed by atoms with Crippen LogP contribution in [0.25, 0.3) is 21.0 Å². The second-order valence-electron chi connectivity index (χ2n) is 10.4. The molecule has 2 N–H and O–H groups in total. The number of hydrogen-bond donors (Lipinski definition) is 2. The van der Waals surface area contributed by atoms with Gasteiger partial charge in [-0.1, -0.05) is 30.3 Å². The minimum Gasteiger partial charge on any atom is -0.480 e. The molecule has 3 atom stereocenters. The fourth-order valence-corrected chi connectivity index (χ4v) is 6.41. The summed E-state index contributed by atoms with van der Waals surface area (Å²) in [6.45, 7) is 4.44. The standard InChI is InChI=1S/C28H31N3O7S/c1-16-21-24(33)31(28(2,3)26(34)35)27(36)30(25(21)39-22(16)23-29-12-13-37-23)15-20(17-8-5-4-6-9-17)38-19-11-7-10-18(32)14-19/h4-6,8-9,12-13,18-20,32H,7,10-11,14-15H2,1-3H3,(H,34,35)/t18-,19+,20+/m1/s1. The molecule has 0 saturated heterocycles. The summed E-state index contributed by atoms with van der Waals surface area (Å²) in [5.74, 6) is -0.997. The van der Waals surface area contributed by atoms with Crippen molar-refractivity contribution in [2.45, 2.75) is 76.9 Å². The Morgan fingerprint density at radius 2 is 2.00 bits per heavy atom. The molecule has 11 heteroatoms. The van der Waals surface area contributed by atoms with Gasteiger partial charge in [-0.2, -0.15) is 0 Å². The Morgan fingerprint density at radius 3 is 2.64 bits per heavy atom. The normalized spacial score (nSPS) is 18.9. The summed E-state index contributed by atoms with van der Waals surface area (Å²) in [4.78, 5) is 45.2. The predicted molar refractivity (Wildman–Crippen MR) is 146 cm³/mol. The number of carbonyl (C=O) groups is 1. The molecule has 0 unspecified atom stereocenters. The number of benzene rings is 1. The molecule has 1 fully saturated rings. The first-order chi connectivity index (χ1) is 18.6. The molecule has 10 nitrogen and oxygen atoms in total. The van der Waals surface area contributed by atoms with Crippen LogP contribution in [0.4, 0.5) is 0 Å². The van der Waals surface area contributed by atoms with Crippen molar-refractivity contribution in [2.75, 3.05) is 0 Å². The molecule has 206 valence electrons. The van der Waals surface area contributed by atoms with Gasteiger partial charge in [0.15, 0.2) is 0 Å². The Hall–Kier alpha value is -3.54. The fraction of sp³-hybridized carbons (Fsp3) is 0.429. The van der Waals surface area contributed by atoms with Crippen molar-refractivity contribution >= 4 is 27.5 Å². The van der Waals surface area contributed by atoms with Gasteiger partial charge in [0.2, 0.25) is 5.89 Å². The lowest BCUT2D eigenvalue weighted by Gasteiger charge is -2.31. The van der Waals surface area contributed by atoms with Gasteiger partial charge < -0.3 is 19.4 Å². The van der Waals surface area contributed by atoms with E-state index in [-0.39, 0.29) is 18.0 Å².